The number of ether oxygens (including phenoxy) is 1. The molecular weight excluding hydrogens is 439 g/mol. The lowest BCUT2D eigenvalue weighted by Gasteiger charge is -2.39. The zero-order valence-corrected chi connectivity index (χ0v) is 18.9. The van der Waals surface area contributed by atoms with E-state index >= 15 is 0 Å². The topological polar surface area (TPSA) is 87.0 Å². The van der Waals surface area contributed by atoms with Crippen LogP contribution in [0.3, 0.4) is 0 Å². The molecule has 1 unspecified atom stereocenters. The Hall–Kier alpha value is -3.85. The van der Waals surface area contributed by atoms with Gasteiger partial charge in [0.05, 0.1) is 19.4 Å². The van der Waals surface area contributed by atoms with Crippen LogP contribution >= 0.6 is 0 Å². The smallest absolute Gasteiger partial charge is 0.313 e. The van der Waals surface area contributed by atoms with Crippen molar-refractivity contribution in [2.45, 2.75) is 6.04 Å². The average molecular weight is 467 g/mol. The van der Waals surface area contributed by atoms with E-state index < -0.39 is 17.6 Å². The highest BCUT2D eigenvalue weighted by Gasteiger charge is 2.28. The van der Waals surface area contributed by atoms with Gasteiger partial charge in [0.15, 0.2) is 0 Å². The van der Waals surface area contributed by atoms with E-state index in [1.807, 2.05) is 30.3 Å². The maximum absolute atomic E-state index is 13.3. The lowest BCUT2D eigenvalue weighted by Crippen LogP contribution is -2.50. The maximum Gasteiger partial charge on any atom is 0.313 e. The van der Waals surface area contributed by atoms with Crippen molar-refractivity contribution >= 4 is 23.2 Å². The van der Waals surface area contributed by atoms with Crippen LogP contribution in [0.5, 0.6) is 5.75 Å². The Morgan fingerprint density at radius 3 is 2.44 bits per heavy atom. The predicted octanol–water partition coefficient (Wildman–Crippen LogP) is 3.05. The zero-order valence-electron chi connectivity index (χ0n) is 18.9. The average Bonchev–Trinajstić information content (AvgIpc) is 3.39. The van der Waals surface area contributed by atoms with Crippen LogP contribution in [0.1, 0.15) is 11.8 Å². The number of piperazine rings is 1. The molecule has 0 spiro atoms. The van der Waals surface area contributed by atoms with Gasteiger partial charge in [0.25, 0.3) is 0 Å². The number of furan rings is 1. The van der Waals surface area contributed by atoms with E-state index in [0.29, 0.717) is 5.76 Å². The van der Waals surface area contributed by atoms with Gasteiger partial charge in [-0.3, -0.25) is 14.5 Å². The third-order valence-corrected chi connectivity index (χ3v) is 5.81. The monoisotopic (exact) mass is 466 g/mol. The molecule has 1 aromatic heterocycles. The standard InChI is InChI=1S/C25H27FN4O4/c1-33-21-9-7-20(8-10-21)29-11-13-30(14-12-29)22(23-6-3-15-34-23)17-27-24(31)25(32)28-19-5-2-4-18(26)16-19/h2-10,15-16,22H,11-14,17H2,1H3,(H,27,31)(H,28,32). The summed E-state index contributed by atoms with van der Waals surface area (Å²) in [5.74, 6) is -0.614. The van der Waals surface area contributed by atoms with Crippen molar-refractivity contribution in [3.8, 4) is 5.75 Å². The molecule has 8 nitrogen and oxygen atoms in total. The van der Waals surface area contributed by atoms with Gasteiger partial charge in [0.1, 0.15) is 17.3 Å². The summed E-state index contributed by atoms with van der Waals surface area (Å²) in [5.41, 5.74) is 1.34. The number of anilines is 2. The van der Waals surface area contributed by atoms with Crippen molar-refractivity contribution in [3.63, 3.8) is 0 Å². The Balaban J connectivity index is 1.35. The fraction of sp³-hybridized carbons (Fsp3) is 0.280. The Labute approximate surface area is 197 Å². The molecule has 1 aliphatic heterocycles. The molecule has 0 saturated carbocycles. The number of carbonyl (C=O) groups is 2. The second kappa shape index (κ2) is 10.8. The van der Waals surface area contributed by atoms with E-state index in [1.165, 1.54) is 18.2 Å². The Bertz CT molecular complexity index is 1100. The minimum Gasteiger partial charge on any atom is -0.497 e. The van der Waals surface area contributed by atoms with Gasteiger partial charge in [-0.25, -0.2) is 4.39 Å². The third kappa shape index (κ3) is 5.74. The molecule has 0 aliphatic carbocycles. The molecule has 9 heteroatoms. The molecule has 2 N–H and O–H groups in total. The summed E-state index contributed by atoms with van der Waals surface area (Å²) in [6, 6.07) is 16.8. The van der Waals surface area contributed by atoms with E-state index in [4.69, 9.17) is 9.15 Å². The van der Waals surface area contributed by atoms with Crippen LogP contribution in [0.15, 0.2) is 71.3 Å². The number of hydrogen-bond acceptors (Lipinski definition) is 6. The molecule has 1 saturated heterocycles. The summed E-state index contributed by atoms with van der Waals surface area (Å²) >= 11 is 0. The van der Waals surface area contributed by atoms with E-state index in [2.05, 4.69) is 20.4 Å². The summed E-state index contributed by atoms with van der Waals surface area (Å²) in [4.78, 5) is 29.2. The van der Waals surface area contributed by atoms with E-state index in [1.54, 1.807) is 19.4 Å². The molecule has 2 aromatic carbocycles. The summed E-state index contributed by atoms with van der Waals surface area (Å²) in [6.45, 7) is 3.31. The van der Waals surface area contributed by atoms with Crippen molar-refractivity contribution in [2.75, 3.05) is 50.1 Å². The second-order valence-electron chi connectivity index (χ2n) is 7.93. The molecule has 0 radical (unpaired) electrons. The molecule has 178 valence electrons. The van der Waals surface area contributed by atoms with Crippen LogP contribution in [-0.2, 0) is 9.59 Å². The number of hydrogen-bond donors (Lipinski definition) is 2. The minimum atomic E-state index is -0.854. The van der Waals surface area contributed by atoms with Crippen LogP contribution in [0.2, 0.25) is 0 Å². The quantitative estimate of drug-likeness (QED) is 0.521. The number of carbonyl (C=O) groups excluding carboxylic acids is 2. The van der Waals surface area contributed by atoms with Gasteiger partial charge >= 0.3 is 11.8 Å². The molecule has 1 fully saturated rings. The molecule has 0 bridgehead atoms. The molecule has 3 aromatic rings. The van der Waals surface area contributed by atoms with Gasteiger partial charge in [0, 0.05) is 44.1 Å². The predicted molar refractivity (Wildman–Crippen MR) is 126 cm³/mol. The van der Waals surface area contributed by atoms with Crippen LogP contribution in [0.25, 0.3) is 0 Å². The number of benzene rings is 2. The van der Waals surface area contributed by atoms with Crippen LogP contribution in [-0.4, -0.2) is 56.5 Å². The summed E-state index contributed by atoms with van der Waals surface area (Å²) in [5, 5.41) is 5.09. The van der Waals surface area contributed by atoms with Crippen molar-refractivity contribution in [2.24, 2.45) is 0 Å². The number of nitrogens with zero attached hydrogens (tertiary/aromatic N) is 2. The van der Waals surface area contributed by atoms with Gasteiger partial charge in [0.2, 0.25) is 0 Å². The molecule has 2 heterocycles. The lowest BCUT2D eigenvalue weighted by atomic mass is 10.1. The molecule has 2 amide bonds. The third-order valence-electron chi connectivity index (χ3n) is 5.81. The molecular formula is C25H27FN4O4. The summed E-state index contributed by atoms with van der Waals surface area (Å²) in [6.07, 6.45) is 1.59. The molecule has 1 aliphatic rings. The molecule has 34 heavy (non-hydrogen) atoms. The van der Waals surface area contributed by atoms with Crippen molar-refractivity contribution in [1.82, 2.24) is 10.2 Å². The fourth-order valence-electron chi connectivity index (χ4n) is 4.00. The van der Waals surface area contributed by atoms with Crippen molar-refractivity contribution < 1.29 is 23.1 Å². The van der Waals surface area contributed by atoms with Gasteiger partial charge in [-0.15, -0.1) is 0 Å². The first-order valence-electron chi connectivity index (χ1n) is 11.0. The minimum absolute atomic E-state index is 0.200. The zero-order chi connectivity index (χ0) is 23.9. The van der Waals surface area contributed by atoms with Gasteiger partial charge < -0.3 is 24.7 Å². The van der Waals surface area contributed by atoms with E-state index in [-0.39, 0.29) is 18.3 Å². The SMILES string of the molecule is COc1ccc(N2CCN(C(CNC(=O)C(=O)Nc3cccc(F)c3)c3ccco3)CC2)cc1. The highest BCUT2D eigenvalue weighted by molar-refractivity contribution is 6.39. The van der Waals surface area contributed by atoms with E-state index in [9.17, 15) is 14.0 Å². The van der Waals surface area contributed by atoms with Gasteiger partial charge in [-0.1, -0.05) is 6.07 Å². The van der Waals surface area contributed by atoms with Gasteiger partial charge in [-0.05, 0) is 54.6 Å². The highest BCUT2D eigenvalue weighted by atomic mass is 19.1. The van der Waals surface area contributed by atoms with Crippen LogP contribution < -0.4 is 20.3 Å². The fourth-order valence-corrected chi connectivity index (χ4v) is 4.00. The normalized spacial score (nSPS) is 14.9. The first kappa shape index (κ1) is 23.3. The number of halogens is 1. The Morgan fingerprint density at radius 2 is 1.79 bits per heavy atom. The number of methoxy groups -OCH3 is 1. The molecule has 4 rings (SSSR count). The number of rotatable bonds is 7. The molecule has 1 atom stereocenters. The largest absolute Gasteiger partial charge is 0.497 e. The van der Waals surface area contributed by atoms with Crippen LogP contribution in [0.4, 0.5) is 15.8 Å². The summed E-state index contributed by atoms with van der Waals surface area (Å²) < 4.78 is 24.2. The van der Waals surface area contributed by atoms with Crippen molar-refractivity contribution in [3.05, 3.63) is 78.5 Å². The number of amides is 2. The highest BCUT2D eigenvalue weighted by Crippen LogP contribution is 2.25. The first-order chi connectivity index (χ1) is 16.5. The van der Waals surface area contributed by atoms with Crippen LogP contribution in [0, 0.1) is 5.82 Å². The number of nitrogens with one attached hydrogen (secondary N) is 2. The Kier molecular flexibility index (Phi) is 7.44. The van der Waals surface area contributed by atoms with Crippen molar-refractivity contribution in [1.29, 1.82) is 0 Å². The summed E-state index contributed by atoms with van der Waals surface area (Å²) in [7, 11) is 1.65. The maximum atomic E-state index is 13.3. The first-order valence-corrected chi connectivity index (χ1v) is 11.0. The second-order valence-corrected chi connectivity index (χ2v) is 7.93. The van der Waals surface area contributed by atoms with Gasteiger partial charge in [-0.2, -0.15) is 0 Å². The van der Waals surface area contributed by atoms with E-state index in [0.717, 1.165) is 43.7 Å². The lowest BCUT2D eigenvalue weighted by molar-refractivity contribution is -0.136. The Morgan fingerprint density at radius 1 is 1.03 bits per heavy atom.